The Morgan fingerprint density at radius 1 is 1.10 bits per heavy atom. The lowest BCUT2D eigenvalue weighted by Gasteiger charge is -2.22. The highest BCUT2D eigenvalue weighted by Crippen LogP contribution is 2.36. The van der Waals surface area contributed by atoms with Gasteiger partial charge in [0, 0.05) is 12.6 Å². The lowest BCUT2D eigenvalue weighted by molar-refractivity contribution is 0.373. The van der Waals surface area contributed by atoms with Gasteiger partial charge in [-0.2, -0.15) is 0 Å². The number of aromatic nitrogens is 1. The Hall–Kier alpha value is -1.44. The van der Waals surface area contributed by atoms with E-state index in [1.54, 1.807) is 18.4 Å². The largest absolute Gasteiger partial charge is 0.495 e. The molecule has 1 atom stereocenters. The van der Waals surface area contributed by atoms with Crippen molar-refractivity contribution >= 4 is 27.5 Å². The Bertz CT molecular complexity index is 887. The number of anilines is 1. The number of rotatable bonds is 8. The average Bonchev–Trinajstić information content (AvgIpc) is 3.19. The van der Waals surface area contributed by atoms with Gasteiger partial charge >= 0.3 is 0 Å². The molecule has 0 bridgehead atoms. The van der Waals surface area contributed by atoms with Crippen LogP contribution in [0.2, 0.25) is 0 Å². The van der Waals surface area contributed by atoms with Crippen LogP contribution in [0.5, 0.6) is 5.75 Å². The van der Waals surface area contributed by atoms with Crippen LogP contribution in [0, 0.1) is 12.8 Å². The third-order valence-corrected chi connectivity index (χ3v) is 9.00. The predicted molar refractivity (Wildman–Crippen MR) is 130 cm³/mol. The van der Waals surface area contributed by atoms with Gasteiger partial charge in [-0.15, -0.1) is 0 Å². The third kappa shape index (κ3) is 5.88. The molecule has 5 nitrogen and oxygen atoms in total. The first kappa shape index (κ1) is 22.7. The van der Waals surface area contributed by atoms with Crippen molar-refractivity contribution in [3.05, 3.63) is 23.9 Å². The maximum absolute atomic E-state index is 13.1. The van der Waals surface area contributed by atoms with E-state index in [9.17, 15) is 4.21 Å². The number of hydrogen-bond acceptors (Lipinski definition) is 5. The van der Waals surface area contributed by atoms with Crippen LogP contribution >= 0.6 is 11.3 Å². The molecule has 1 unspecified atom stereocenters. The van der Waals surface area contributed by atoms with Crippen molar-refractivity contribution in [1.29, 1.82) is 0 Å². The van der Waals surface area contributed by atoms with Gasteiger partial charge in [0.2, 0.25) is 0 Å². The van der Waals surface area contributed by atoms with Gasteiger partial charge in [-0.3, -0.25) is 0 Å². The number of hydrogen-bond donors (Lipinski definition) is 2. The summed E-state index contributed by atoms with van der Waals surface area (Å²) in [5, 5.41) is 4.55. The molecule has 0 radical (unpaired) electrons. The van der Waals surface area contributed by atoms with Crippen molar-refractivity contribution < 1.29 is 8.95 Å². The van der Waals surface area contributed by atoms with E-state index in [4.69, 9.17) is 9.72 Å². The van der Waals surface area contributed by atoms with Gasteiger partial charge in [0.25, 0.3) is 0 Å². The molecular weight excluding hydrogens is 426 g/mol. The van der Waals surface area contributed by atoms with Crippen LogP contribution in [0.4, 0.5) is 5.13 Å². The van der Waals surface area contributed by atoms with Crippen molar-refractivity contribution in [2.24, 2.45) is 5.92 Å². The van der Waals surface area contributed by atoms with E-state index >= 15 is 0 Å². The molecule has 1 heterocycles. The van der Waals surface area contributed by atoms with Crippen molar-refractivity contribution in [2.45, 2.75) is 82.1 Å². The second-order valence-corrected chi connectivity index (χ2v) is 11.1. The lowest BCUT2D eigenvalue weighted by Crippen LogP contribution is -2.32. The van der Waals surface area contributed by atoms with Crippen LogP contribution in [0.1, 0.15) is 69.9 Å². The topological polar surface area (TPSA) is 63.2 Å². The van der Waals surface area contributed by atoms with Crippen LogP contribution in [0.25, 0.3) is 10.4 Å². The molecule has 0 amide bonds. The zero-order chi connectivity index (χ0) is 21.6. The fourth-order valence-corrected chi connectivity index (χ4v) is 6.96. The molecule has 0 spiro atoms. The van der Waals surface area contributed by atoms with Gasteiger partial charge in [-0.05, 0) is 62.3 Å². The van der Waals surface area contributed by atoms with Crippen molar-refractivity contribution in [2.75, 3.05) is 19.0 Å². The summed E-state index contributed by atoms with van der Waals surface area (Å²) < 4.78 is 22.0. The van der Waals surface area contributed by atoms with Gasteiger partial charge in [0.05, 0.1) is 22.6 Å². The predicted octanol–water partition coefficient (Wildman–Crippen LogP) is 6.06. The molecule has 2 aliphatic carbocycles. The standard InChI is InChI=1S/C24H35N3O2S2/c1-17-23(30-24(26-17)25-16-18-9-5-3-6-10-18)19-13-14-21(29-2)22(15-19)31(28)27-20-11-7-4-8-12-20/h13-15,18,20,27H,3-12,16H2,1-2H3,(H,25,26). The normalized spacial score (nSPS) is 19.3. The summed E-state index contributed by atoms with van der Waals surface area (Å²) in [6, 6.07) is 6.31. The second kappa shape index (κ2) is 10.9. The van der Waals surface area contributed by atoms with Crippen LogP contribution in [-0.4, -0.2) is 28.9 Å². The second-order valence-electron chi connectivity index (χ2n) is 8.91. The molecule has 4 rings (SSSR count). The van der Waals surface area contributed by atoms with Crippen LogP contribution < -0.4 is 14.8 Å². The molecular formula is C24H35N3O2S2. The van der Waals surface area contributed by atoms with Crippen LogP contribution in [-0.2, 0) is 11.0 Å². The summed E-state index contributed by atoms with van der Waals surface area (Å²) in [5.74, 6) is 1.44. The lowest BCUT2D eigenvalue weighted by atomic mass is 9.89. The highest BCUT2D eigenvalue weighted by atomic mass is 32.2. The Morgan fingerprint density at radius 3 is 2.52 bits per heavy atom. The molecule has 1 aromatic carbocycles. The highest BCUT2D eigenvalue weighted by molar-refractivity contribution is 7.83. The Morgan fingerprint density at radius 2 is 1.81 bits per heavy atom. The van der Waals surface area contributed by atoms with E-state index in [0.717, 1.165) is 51.5 Å². The number of nitrogens with zero attached hydrogens (tertiary/aromatic N) is 1. The average molecular weight is 462 g/mol. The molecule has 1 aromatic heterocycles. The summed E-state index contributed by atoms with van der Waals surface area (Å²) in [6.07, 6.45) is 12.6. The van der Waals surface area contributed by atoms with Crippen LogP contribution in [0.3, 0.4) is 0 Å². The molecule has 31 heavy (non-hydrogen) atoms. The molecule has 170 valence electrons. The minimum absolute atomic E-state index is 0.323. The van der Waals surface area contributed by atoms with Crippen molar-refractivity contribution in [3.63, 3.8) is 0 Å². The quantitative estimate of drug-likeness (QED) is 0.501. The van der Waals surface area contributed by atoms with Gasteiger partial charge in [-0.1, -0.05) is 49.9 Å². The minimum Gasteiger partial charge on any atom is -0.495 e. The first-order chi connectivity index (χ1) is 15.1. The van der Waals surface area contributed by atoms with Gasteiger partial charge in [-0.25, -0.2) is 13.9 Å². The smallest absolute Gasteiger partial charge is 0.183 e. The number of aryl methyl sites for hydroxylation is 1. The summed E-state index contributed by atoms with van der Waals surface area (Å²) in [6.45, 7) is 3.06. The Kier molecular flexibility index (Phi) is 8.02. The van der Waals surface area contributed by atoms with Crippen molar-refractivity contribution in [1.82, 2.24) is 9.71 Å². The number of nitrogens with one attached hydrogen (secondary N) is 2. The van der Waals surface area contributed by atoms with Gasteiger partial charge < -0.3 is 10.1 Å². The molecule has 2 aliphatic rings. The van der Waals surface area contributed by atoms with E-state index in [0.29, 0.717) is 11.8 Å². The molecule has 7 heteroatoms. The molecule has 2 aromatic rings. The summed E-state index contributed by atoms with van der Waals surface area (Å²) in [7, 11) is 0.351. The van der Waals surface area contributed by atoms with E-state index in [2.05, 4.69) is 17.0 Å². The Labute approximate surface area is 193 Å². The zero-order valence-electron chi connectivity index (χ0n) is 18.7. The fraction of sp³-hybridized carbons (Fsp3) is 0.625. The molecule has 2 N–H and O–H groups in total. The first-order valence-corrected chi connectivity index (χ1v) is 13.7. The summed E-state index contributed by atoms with van der Waals surface area (Å²) in [4.78, 5) is 6.61. The van der Waals surface area contributed by atoms with Gasteiger partial charge in [0.15, 0.2) is 5.13 Å². The third-order valence-electron chi connectivity index (χ3n) is 6.57. The Balaban J connectivity index is 1.49. The monoisotopic (exact) mass is 461 g/mol. The zero-order valence-corrected chi connectivity index (χ0v) is 20.4. The van der Waals surface area contributed by atoms with E-state index in [1.807, 2.05) is 18.2 Å². The molecule has 2 saturated carbocycles. The maximum atomic E-state index is 13.1. The molecule has 2 fully saturated rings. The van der Waals surface area contributed by atoms with E-state index < -0.39 is 11.0 Å². The number of methoxy groups -OCH3 is 1. The minimum atomic E-state index is -1.29. The SMILES string of the molecule is COc1ccc(-c2sc(NCC3CCCCC3)nc2C)cc1S(=O)NC1CCCCC1. The summed E-state index contributed by atoms with van der Waals surface area (Å²) >= 11 is 1.69. The maximum Gasteiger partial charge on any atom is 0.183 e. The van der Waals surface area contributed by atoms with Gasteiger partial charge in [0.1, 0.15) is 16.7 Å². The first-order valence-electron chi connectivity index (χ1n) is 11.7. The molecule has 0 saturated heterocycles. The highest BCUT2D eigenvalue weighted by Gasteiger charge is 2.20. The number of ether oxygens (including phenoxy) is 1. The number of benzene rings is 1. The fourth-order valence-electron chi connectivity index (χ4n) is 4.76. The van der Waals surface area contributed by atoms with Crippen molar-refractivity contribution in [3.8, 4) is 16.2 Å². The van der Waals surface area contributed by atoms with E-state index in [1.165, 1.54) is 51.4 Å². The number of thiazole rings is 1. The van der Waals surface area contributed by atoms with E-state index in [-0.39, 0.29) is 0 Å². The molecule has 0 aliphatic heterocycles. The summed E-state index contributed by atoms with van der Waals surface area (Å²) in [5.41, 5.74) is 2.06. The van der Waals surface area contributed by atoms with Crippen LogP contribution in [0.15, 0.2) is 23.1 Å².